The van der Waals surface area contributed by atoms with E-state index in [9.17, 15) is 19.1 Å². The molecule has 0 fully saturated rings. The number of carbonyl (C=O) groups is 2. The smallest absolute Gasteiger partial charge is 0.258 e. The third-order valence-corrected chi connectivity index (χ3v) is 8.85. The first-order valence-corrected chi connectivity index (χ1v) is 17.3. The number of anilines is 1. The van der Waals surface area contributed by atoms with Gasteiger partial charge in [-0.25, -0.2) is 4.39 Å². The molecule has 0 unspecified atom stereocenters. The van der Waals surface area contributed by atoms with E-state index in [-0.39, 0.29) is 43.0 Å². The van der Waals surface area contributed by atoms with E-state index in [1.807, 2.05) is 98.8 Å². The molecule has 266 valence electrons. The molecule has 0 aliphatic heterocycles. The van der Waals surface area contributed by atoms with Crippen molar-refractivity contribution >= 4 is 17.5 Å². The van der Waals surface area contributed by atoms with Gasteiger partial charge in [0.2, 0.25) is 5.91 Å². The zero-order valence-electron chi connectivity index (χ0n) is 29.6. The van der Waals surface area contributed by atoms with E-state index >= 15 is 0 Å². The largest absolute Gasteiger partial charge is 0.497 e. The number of benzene rings is 4. The van der Waals surface area contributed by atoms with Crippen molar-refractivity contribution in [2.24, 2.45) is 0 Å². The molecule has 0 radical (unpaired) electrons. The number of nitrogens with zero attached hydrogens (tertiary/aromatic N) is 1. The van der Waals surface area contributed by atoms with Crippen molar-refractivity contribution in [3.63, 3.8) is 0 Å². The van der Waals surface area contributed by atoms with Gasteiger partial charge in [0.15, 0.2) is 0 Å². The first-order chi connectivity index (χ1) is 24.7. The van der Waals surface area contributed by atoms with Crippen molar-refractivity contribution in [3.8, 4) is 28.1 Å². The van der Waals surface area contributed by atoms with Crippen molar-refractivity contribution in [2.45, 2.75) is 64.4 Å². The van der Waals surface area contributed by atoms with Gasteiger partial charge in [0, 0.05) is 37.0 Å². The predicted octanol–water partition coefficient (Wildman–Crippen LogP) is 8.21. The van der Waals surface area contributed by atoms with Crippen LogP contribution < -0.4 is 15.4 Å². The quantitative estimate of drug-likeness (QED) is 0.0969. The molecule has 9 heteroatoms. The Hall–Kier alpha value is -5.25. The maximum Gasteiger partial charge on any atom is 0.258 e. The minimum Gasteiger partial charge on any atom is -0.497 e. The van der Waals surface area contributed by atoms with E-state index in [0.717, 1.165) is 39.4 Å². The van der Waals surface area contributed by atoms with Crippen LogP contribution in [0.3, 0.4) is 0 Å². The fraction of sp³-hybridized carbons (Fsp3) is 0.286. The summed E-state index contributed by atoms with van der Waals surface area (Å²) < 4.78 is 27.8. The van der Waals surface area contributed by atoms with Gasteiger partial charge >= 0.3 is 0 Å². The highest BCUT2D eigenvalue weighted by Gasteiger charge is 2.31. The lowest BCUT2D eigenvalue weighted by Gasteiger charge is -2.23. The Balaban J connectivity index is 1.51. The molecule has 4 aromatic carbocycles. The summed E-state index contributed by atoms with van der Waals surface area (Å²) in [7, 11) is 3.18. The highest BCUT2D eigenvalue weighted by atomic mass is 19.1. The summed E-state index contributed by atoms with van der Waals surface area (Å²) in [6.07, 6.45) is -0.749. The standard InChI is InChI=1S/C42H46FN3O5/c1-28(2)40-39(42(49)45-33-13-9-6-10-14-33)38(30-11-7-5-8-12-30)41(31-17-19-32(43)20-18-31)46(40)24-23-34(47)25-36(26-37(48)44-3)51-27-29-15-21-35(50-4)22-16-29/h5-22,28,34,36,47H,23-27H2,1-4H3,(H,44,48)(H,45,49)/t34-,36-/m1/s1. The van der Waals surface area contributed by atoms with Gasteiger partial charge in [-0.05, 0) is 77.6 Å². The zero-order chi connectivity index (χ0) is 36.3. The maximum atomic E-state index is 14.3. The molecule has 1 heterocycles. The van der Waals surface area contributed by atoms with Crippen LogP contribution in [0.4, 0.5) is 10.1 Å². The third-order valence-electron chi connectivity index (χ3n) is 8.85. The topological polar surface area (TPSA) is 102 Å². The number of aliphatic hydroxyl groups excluding tert-OH is 1. The Kier molecular flexibility index (Phi) is 12.8. The van der Waals surface area contributed by atoms with Crippen LogP contribution in [0.25, 0.3) is 22.4 Å². The Morgan fingerprint density at radius 3 is 2.12 bits per heavy atom. The van der Waals surface area contributed by atoms with Crippen LogP contribution in [0.2, 0.25) is 0 Å². The number of rotatable bonds is 16. The van der Waals surface area contributed by atoms with Gasteiger partial charge in [0.1, 0.15) is 11.6 Å². The molecule has 51 heavy (non-hydrogen) atoms. The van der Waals surface area contributed by atoms with Crippen molar-refractivity contribution in [1.29, 1.82) is 0 Å². The Morgan fingerprint density at radius 1 is 0.863 bits per heavy atom. The minimum absolute atomic E-state index is 0.0905. The van der Waals surface area contributed by atoms with Gasteiger partial charge in [0.25, 0.3) is 5.91 Å². The fourth-order valence-electron chi connectivity index (χ4n) is 6.36. The number of hydrogen-bond acceptors (Lipinski definition) is 5. The number of aliphatic hydroxyl groups is 1. The first kappa shape index (κ1) is 37.0. The Bertz CT molecular complexity index is 1870. The molecule has 2 atom stereocenters. The molecule has 0 spiro atoms. The molecule has 2 amide bonds. The van der Waals surface area contributed by atoms with E-state index in [2.05, 4.69) is 15.2 Å². The van der Waals surface area contributed by atoms with Crippen molar-refractivity contribution < 1.29 is 28.6 Å². The number of aromatic nitrogens is 1. The summed E-state index contributed by atoms with van der Waals surface area (Å²) in [6, 6.07) is 32.8. The van der Waals surface area contributed by atoms with Gasteiger partial charge in [-0.15, -0.1) is 0 Å². The average molecular weight is 692 g/mol. The van der Waals surface area contributed by atoms with Crippen molar-refractivity contribution in [2.75, 3.05) is 19.5 Å². The van der Waals surface area contributed by atoms with Gasteiger partial charge < -0.3 is 29.8 Å². The average Bonchev–Trinajstić information content (AvgIpc) is 3.50. The molecule has 0 saturated carbocycles. The van der Waals surface area contributed by atoms with Gasteiger partial charge in [-0.3, -0.25) is 9.59 Å². The molecular formula is C42H46FN3O5. The second-order valence-electron chi connectivity index (χ2n) is 12.8. The van der Waals surface area contributed by atoms with Crippen molar-refractivity contribution in [3.05, 3.63) is 132 Å². The number of para-hydroxylation sites is 1. The second kappa shape index (κ2) is 17.6. The molecule has 0 bridgehead atoms. The Labute approximate surface area is 299 Å². The van der Waals surface area contributed by atoms with Crippen LogP contribution in [0, 0.1) is 5.82 Å². The molecule has 0 aliphatic rings. The maximum absolute atomic E-state index is 14.3. The molecule has 0 saturated heterocycles. The summed E-state index contributed by atoms with van der Waals surface area (Å²) in [4.78, 5) is 26.8. The molecule has 5 aromatic rings. The minimum atomic E-state index is -0.833. The lowest BCUT2D eigenvalue weighted by atomic mass is 9.94. The van der Waals surface area contributed by atoms with E-state index < -0.39 is 12.2 Å². The molecular weight excluding hydrogens is 645 g/mol. The van der Waals surface area contributed by atoms with Crippen molar-refractivity contribution in [1.82, 2.24) is 9.88 Å². The number of halogens is 1. The lowest BCUT2D eigenvalue weighted by molar-refractivity contribution is -0.124. The predicted molar refractivity (Wildman–Crippen MR) is 199 cm³/mol. The zero-order valence-corrected chi connectivity index (χ0v) is 29.6. The van der Waals surface area contributed by atoms with Gasteiger partial charge in [0.05, 0.1) is 43.6 Å². The molecule has 3 N–H and O–H groups in total. The first-order valence-electron chi connectivity index (χ1n) is 17.3. The summed E-state index contributed by atoms with van der Waals surface area (Å²) in [6.45, 7) is 4.70. The van der Waals surface area contributed by atoms with Crippen LogP contribution >= 0.6 is 0 Å². The van der Waals surface area contributed by atoms with Crippen LogP contribution in [-0.4, -0.2) is 47.9 Å². The molecule has 8 nitrogen and oxygen atoms in total. The molecule has 0 aliphatic carbocycles. The van der Waals surface area contributed by atoms with Crippen LogP contribution in [0.15, 0.2) is 109 Å². The number of methoxy groups -OCH3 is 1. The van der Waals surface area contributed by atoms with Crippen LogP contribution in [-0.2, 0) is 22.7 Å². The Morgan fingerprint density at radius 2 is 1.51 bits per heavy atom. The normalized spacial score (nSPS) is 12.4. The van der Waals surface area contributed by atoms with Crippen LogP contribution in [0.1, 0.15) is 60.6 Å². The second-order valence-corrected chi connectivity index (χ2v) is 12.8. The van der Waals surface area contributed by atoms with Gasteiger partial charge in [-0.1, -0.05) is 74.5 Å². The fourth-order valence-corrected chi connectivity index (χ4v) is 6.36. The summed E-state index contributed by atoms with van der Waals surface area (Å²) in [5.74, 6) is -0.169. The SMILES string of the molecule is CNC(=O)C[C@@H](C[C@H](O)CCn1c(-c2ccc(F)cc2)c(-c2ccccc2)c(C(=O)Nc2ccccc2)c1C(C)C)OCc1ccc(OC)cc1. The van der Waals surface area contributed by atoms with Gasteiger partial charge in [-0.2, -0.15) is 0 Å². The monoisotopic (exact) mass is 691 g/mol. The van der Waals surface area contributed by atoms with E-state index in [4.69, 9.17) is 9.47 Å². The number of ether oxygens (including phenoxy) is 2. The number of hydrogen-bond donors (Lipinski definition) is 3. The molecule has 5 rings (SSSR count). The van der Waals surface area contributed by atoms with E-state index in [1.54, 1.807) is 26.3 Å². The summed E-state index contributed by atoms with van der Waals surface area (Å²) in [5.41, 5.74) is 5.97. The van der Waals surface area contributed by atoms with Crippen LogP contribution in [0.5, 0.6) is 5.75 Å². The summed E-state index contributed by atoms with van der Waals surface area (Å²) >= 11 is 0. The van der Waals surface area contributed by atoms with E-state index in [1.165, 1.54) is 12.1 Å². The number of amides is 2. The molecule has 1 aromatic heterocycles. The third kappa shape index (κ3) is 9.51. The number of nitrogens with one attached hydrogen (secondary N) is 2. The lowest BCUT2D eigenvalue weighted by Crippen LogP contribution is -2.29. The van der Waals surface area contributed by atoms with E-state index in [0.29, 0.717) is 24.2 Å². The summed E-state index contributed by atoms with van der Waals surface area (Å²) in [5, 5.41) is 17.2. The number of carbonyl (C=O) groups excluding carboxylic acids is 2. The highest BCUT2D eigenvalue weighted by Crippen LogP contribution is 2.42. The highest BCUT2D eigenvalue weighted by molar-refractivity contribution is 6.12.